The molecule has 0 fully saturated rings. The number of furan rings is 1. The monoisotopic (exact) mass is 218 g/mol. The molecule has 1 aliphatic carbocycles. The Balaban J connectivity index is 2.17. The highest BCUT2D eigenvalue weighted by atomic mass is 16.3. The molecule has 2 heteroatoms. The maximum atomic E-state index is 11.5. The van der Waals surface area contributed by atoms with Crippen molar-refractivity contribution in [1.82, 2.24) is 0 Å². The Morgan fingerprint density at radius 2 is 2.31 bits per heavy atom. The lowest BCUT2D eigenvalue weighted by atomic mass is 9.78. The van der Waals surface area contributed by atoms with Crippen molar-refractivity contribution < 1.29 is 9.21 Å². The number of allylic oxidation sites excluding steroid dienone is 2. The van der Waals surface area contributed by atoms with Gasteiger partial charge in [0.1, 0.15) is 0 Å². The van der Waals surface area contributed by atoms with E-state index in [0.717, 1.165) is 18.4 Å². The van der Waals surface area contributed by atoms with Gasteiger partial charge in [-0.15, -0.1) is 0 Å². The molecule has 0 radical (unpaired) electrons. The van der Waals surface area contributed by atoms with Gasteiger partial charge in [0.25, 0.3) is 0 Å². The van der Waals surface area contributed by atoms with Crippen LogP contribution in [-0.4, -0.2) is 5.78 Å². The van der Waals surface area contributed by atoms with Crippen LogP contribution in [0.3, 0.4) is 0 Å². The fourth-order valence-electron chi connectivity index (χ4n) is 2.44. The van der Waals surface area contributed by atoms with Crippen molar-refractivity contribution in [2.24, 2.45) is 11.8 Å². The number of carbonyl (C=O) groups excluding carboxylic acids is 1. The number of carbonyl (C=O) groups is 1. The predicted molar refractivity (Wildman–Crippen MR) is 63.1 cm³/mol. The Bertz CT molecular complexity index is 385. The molecule has 0 saturated carbocycles. The molecule has 16 heavy (non-hydrogen) atoms. The Hall–Kier alpha value is -1.31. The van der Waals surface area contributed by atoms with Gasteiger partial charge in [-0.3, -0.25) is 4.79 Å². The van der Waals surface area contributed by atoms with Gasteiger partial charge in [0.05, 0.1) is 12.5 Å². The summed E-state index contributed by atoms with van der Waals surface area (Å²) in [5.74, 6) is 1.43. The smallest absolute Gasteiger partial charge is 0.155 e. The van der Waals surface area contributed by atoms with Gasteiger partial charge in [-0.25, -0.2) is 0 Å². The summed E-state index contributed by atoms with van der Waals surface area (Å²) in [7, 11) is 0. The van der Waals surface area contributed by atoms with E-state index in [1.54, 1.807) is 12.5 Å². The van der Waals surface area contributed by atoms with E-state index in [2.05, 4.69) is 13.8 Å². The molecule has 2 nitrogen and oxygen atoms in total. The molecule has 0 aliphatic heterocycles. The first-order valence-corrected chi connectivity index (χ1v) is 5.91. The van der Waals surface area contributed by atoms with Crippen LogP contribution in [0.4, 0.5) is 0 Å². The van der Waals surface area contributed by atoms with Gasteiger partial charge in [-0.2, -0.15) is 0 Å². The Morgan fingerprint density at radius 3 is 2.94 bits per heavy atom. The second kappa shape index (κ2) is 4.69. The summed E-state index contributed by atoms with van der Waals surface area (Å²) in [6.45, 7) is 4.45. The van der Waals surface area contributed by atoms with E-state index in [1.807, 2.05) is 12.1 Å². The van der Waals surface area contributed by atoms with Crippen LogP contribution in [0.2, 0.25) is 0 Å². The van der Waals surface area contributed by atoms with Crippen LogP contribution in [0.25, 0.3) is 0 Å². The molecule has 0 aromatic carbocycles. The van der Waals surface area contributed by atoms with Crippen LogP contribution in [0, 0.1) is 11.8 Å². The van der Waals surface area contributed by atoms with Crippen LogP contribution in [-0.2, 0) is 11.2 Å². The second-order valence-corrected chi connectivity index (χ2v) is 4.88. The zero-order chi connectivity index (χ0) is 11.5. The normalized spacial score (nSPS) is 21.3. The first kappa shape index (κ1) is 11.2. The van der Waals surface area contributed by atoms with E-state index in [9.17, 15) is 4.79 Å². The van der Waals surface area contributed by atoms with Crippen molar-refractivity contribution in [3.8, 4) is 0 Å². The summed E-state index contributed by atoms with van der Waals surface area (Å²) in [4.78, 5) is 11.5. The summed E-state index contributed by atoms with van der Waals surface area (Å²) in [6.07, 6.45) is 7.85. The average Bonchev–Trinajstić information content (AvgIpc) is 2.70. The minimum Gasteiger partial charge on any atom is -0.472 e. The van der Waals surface area contributed by atoms with Gasteiger partial charge in [0, 0.05) is 6.42 Å². The Labute approximate surface area is 96.3 Å². The highest BCUT2D eigenvalue weighted by molar-refractivity contribution is 5.91. The number of hydrogen-bond donors (Lipinski definition) is 0. The third kappa shape index (κ3) is 2.43. The fraction of sp³-hybridized carbons (Fsp3) is 0.500. The molecule has 86 valence electrons. The van der Waals surface area contributed by atoms with E-state index < -0.39 is 0 Å². The lowest BCUT2D eigenvalue weighted by Gasteiger charge is -2.26. The van der Waals surface area contributed by atoms with Gasteiger partial charge in [0.15, 0.2) is 5.78 Å². The van der Waals surface area contributed by atoms with Crippen LogP contribution in [0.5, 0.6) is 0 Å². The Kier molecular flexibility index (Phi) is 3.28. The van der Waals surface area contributed by atoms with Crippen LogP contribution in [0.1, 0.15) is 32.3 Å². The van der Waals surface area contributed by atoms with E-state index in [1.165, 1.54) is 5.57 Å². The maximum Gasteiger partial charge on any atom is 0.155 e. The van der Waals surface area contributed by atoms with E-state index >= 15 is 0 Å². The van der Waals surface area contributed by atoms with Crippen molar-refractivity contribution in [3.05, 3.63) is 35.8 Å². The predicted octanol–water partition coefficient (Wildman–Crippen LogP) is 3.38. The molecule has 0 bridgehead atoms. The number of hydrogen-bond acceptors (Lipinski definition) is 2. The fourth-order valence-corrected chi connectivity index (χ4v) is 2.44. The van der Waals surface area contributed by atoms with Crippen LogP contribution < -0.4 is 0 Å². The zero-order valence-corrected chi connectivity index (χ0v) is 9.90. The molecular formula is C14H18O2. The number of rotatable bonds is 3. The molecule has 1 aromatic rings. The molecule has 0 unspecified atom stereocenters. The molecule has 0 spiro atoms. The summed E-state index contributed by atoms with van der Waals surface area (Å²) in [5.41, 5.74) is 2.43. The average molecular weight is 218 g/mol. The molecule has 1 heterocycles. The van der Waals surface area contributed by atoms with Crippen molar-refractivity contribution in [1.29, 1.82) is 0 Å². The molecule has 0 N–H and O–H groups in total. The minimum atomic E-state index is 0.274. The first-order valence-electron chi connectivity index (χ1n) is 5.91. The molecule has 0 saturated heterocycles. The summed E-state index contributed by atoms with van der Waals surface area (Å²) < 4.78 is 5.07. The third-order valence-electron chi connectivity index (χ3n) is 3.32. The molecule has 1 atom stereocenters. The molecule has 2 rings (SSSR count). The first-order chi connectivity index (χ1) is 7.66. The molecule has 0 amide bonds. The zero-order valence-electron chi connectivity index (χ0n) is 9.90. The van der Waals surface area contributed by atoms with Crippen molar-refractivity contribution in [2.45, 2.75) is 33.1 Å². The van der Waals surface area contributed by atoms with E-state index in [-0.39, 0.29) is 5.78 Å². The second-order valence-electron chi connectivity index (χ2n) is 4.88. The molecular weight excluding hydrogens is 200 g/mol. The molecule has 1 aliphatic rings. The quantitative estimate of drug-likeness (QED) is 0.778. The lowest BCUT2D eigenvalue weighted by Crippen LogP contribution is -2.20. The van der Waals surface area contributed by atoms with Crippen LogP contribution in [0.15, 0.2) is 34.7 Å². The van der Waals surface area contributed by atoms with Gasteiger partial charge in [0.2, 0.25) is 0 Å². The van der Waals surface area contributed by atoms with Crippen molar-refractivity contribution in [2.75, 3.05) is 0 Å². The molecule has 1 aromatic heterocycles. The standard InChI is InChI=1S/C14H18O2/c1-10(2)14-4-3-13(15)8-12(14)7-11-5-6-16-9-11/h5-6,8-10,14H,3-4,7H2,1-2H3/t14-/m1/s1. The minimum absolute atomic E-state index is 0.274. The third-order valence-corrected chi connectivity index (χ3v) is 3.32. The van der Waals surface area contributed by atoms with Gasteiger partial charge >= 0.3 is 0 Å². The number of ketones is 1. The highest BCUT2D eigenvalue weighted by Crippen LogP contribution is 2.31. The van der Waals surface area contributed by atoms with Crippen LogP contribution >= 0.6 is 0 Å². The summed E-state index contributed by atoms with van der Waals surface area (Å²) in [5, 5.41) is 0. The van der Waals surface area contributed by atoms with Gasteiger partial charge in [-0.05, 0) is 42.4 Å². The van der Waals surface area contributed by atoms with Gasteiger partial charge < -0.3 is 4.42 Å². The maximum absolute atomic E-state index is 11.5. The van der Waals surface area contributed by atoms with Crippen molar-refractivity contribution in [3.63, 3.8) is 0 Å². The van der Waals surface area contributed by atoms with E-state index in [0.29, 0.717) is 18.3 Å². The Morgan fingerprint density at radius 1 is 1.50 bits per heavy atom. The summed E-state index contributed by atoms with van der Waals surface area (Å²) in [6, 6.07) is 1.97. The highest BCUT2D eigenvalue weighted by Gasteiger charge is 2.24. The largest absolute Gasteiger partial charge is 0.472 e. The topological polar surface area (TPSA) is 30.2 Å². The van der Waals surface area contributed by atoms with Crippen molar-refractivity contribution >= 4 is 5.78 Å². The lowest BCUT2D eigenvalue weighted by molar-refractivity contribution is -0.115. The van der Waals surface area contributed by atoms with E-state index in [4.69, 9.17) is 4.42 Å². The summed E-state index contributed by atoms with van der Waals surface area (Å²) >= 11 is 0. The SMILES string of the molecule is CC(C)[C@H]1CCC(=O)C=C1Cc1ccoc1. The van der Waals surface area contributed by atoms with Gasteiger partial charge in [-0.1, -0.05) is 19.4 Å².